The summed E-state index contributed by atoms with van der Waals surface area (Å²) in [4.78, 5) is 0. The molecule has 2 rings (SSSR count). The third-order valence-electron chi connectivity index (χ3n) is 3.33. The minimum atomic E-state index is -0.254. The van der Waals surface area contributed by atoms with Gasteiger partial charge < -0.3 is 5.32 Å². The van der Waals surface area contributed by atoms with Crippen LogP contribution in [0.1, 0.15) is 29.7 Å². The van der Waals surface area contributed by atoms with Crippen molar-refractivity contribution in [3.05, 3.63) is 70.8 Å². The van der Waals surface area contributed by atoms with E-state index in [0.717, 1.165) is 17.7 Å². The second kappa shape index (κ2) is 6.62. The third-order valence-corrected chi connectivity index (χ3v) is 3.33. The molecule has 0 aromatic heterocycles. The zero-order chi connectivity index (χ0) is 14.5. The highest BCUT2D eigenvalue weighted by Gasteiger charge is 2.15. The van der Waals surface area contributed by atoms with Crippen LogP contribution in [0.5, 0.6) is 0 Å². The number of rotatable bonds is 5. The molecule has 2 aromatic rings. The summed E-state index contributed by atoms with van der Waals surface area (Å²) in [6.45, 7) is 4.69. The van der Waals surface area contributed by atoms with Crippen LogP contribution in [-0.2, 0) is 6.42 Å². The normalized spacial score (nSPS) is 12.4. The van der Waals surface area contributed by atoms with Gasteiger partial charge in [0.1, 0.15) is 11.6 Å². The molecule has 0 aliphatic carbocycles. The molecule has 0 spiro atoms. The predicted octanol–water partition coefficient (Wildman–Crippen LogP) is 4.17. The zero-order valence-corrected chi connectivity index (χ0v) is 11.8. The van der Waals surface area contributed by atoms with E-state index in [1.807, 2.05) is 19.9 Å². The van der Waals surface area contributed by atoms with Crippen LogP contribution >= 0.6 is 0 Å². The van der Waals surface area contributed by atoms with Crippen LogP contribution in [0.4, 0.5) is 8.78 Å². The van der Waals surface area contributed by atoms with Gasteiger partial charge in [-0.05, 0) is 43.7 Å². The topological polar surface area (TPSA) is 12.0 Å². The highest BCUT2D eigenvalue weighted by molar-refractivity contribution is 5.29. The summed E-state index contributed by atoms with van der Waals surface area (Å²) in [6.07, 6.45) is 0.633. The highest BCUT2D eigenvalue weighted by Crippen LogP contribution is 2.22. The summed E-state index contributed by atoms with van der Waals surface area (Å²) in [5, 5.41) is 3.30. The van der Waals surface area contributed by atoms with Gasteiger partial charge in [-0.25, -0.2) is 8.78 Å². The van der Waals surface area contributed by atoms with Crippen molar-refractivity contribution in [3.63, 3.8) is 0 Å². The molecule has 0 radical (unpaired) electrons. The first-order valence-electron chi connectivity index (χ1n) is 6.84. The minimum Gasteiger partial charge on any atom is -0.310 e. The van der Waals surface area contributed by atoms with Crippen LogP contribution < -0.4 is 5.32 Å². The fourth-order valence-electron chi connectivity index (χ4n) is 2.32. The Hall–Kier alpha value is -1.74. The largest absolute Gasteiger partial charge is 0.310 e. The summed E-state index contributed by atoms with van der Waals surface area (Å²) in [5.41, 5.74) is 2.68. The molecule has 0 bridgehead atoms. The van der Waals surface area contributed by atoms with E-state index in [-0.39, 0.29) is 17.7 Å². The average Bonchev–Trinajstić information content (AvgIpc) is 2.43. The summed E-state index contributed by atoms with van der Waals surface area (Å²) < 4.78 is 26.9. The number of aryl methyl sites for hydroxylation is 1. The van der Waals surface area contributed by atoms with Gasteiger partial charge in [-0.3, -0.25) is 0 Å². The van der Waals surface area contributed by atoms with E-state index in [1.165, 1.54) is 18.2 Å². The Morgan fingerprint density at radius 2 is 1.75 bits per heavy atom. The van der Waals surface area contributed by atoms with E-state index in [0.29, 0.717) is 12.0 Å². The molecule has 1 atom stereocenters. The van der Waals surface area contributed by atoms with Gasteiger partial charge in [0, 0.05) is 11.6 Å². The summed E-state index contributed by atoms with van der Waals surface area (Å²) in [6, 6.07) is 11.4. The van der Waals surface area contributed by atoms with Crippen LogP contribution in [-0.4, -0.2) is 6.54 Å². The van der Waals surface area contributed by atoms with E-state index in [4.69, 9.17) is 0 Å². The minimum absolute atomic E-state index is 0.106. The van der Waals surface area contributed by atoms with Crippen molar-refractivity contribution in [1.82, 2.24) is 5.32 Å². The van der Waals surface area contributed by atoms with Gasteiger partial charge in [0.05, 0.1) is 0 Å². The smallest absolute Gasteiger partial charge is 0.128 e. The molecule has 1 nitrogen and oxygen atoms in total. The number of hydrogen-bond acceptors (Lipinski definition) is 1. The maximum atomic E-state index is 14.0. The molecular weight excluding hydrogens is 256 g/mol. The predicted molar refractivity (Wildman–Crippen MR) is 77.7 cm³/mol. The lowest BCUT2D eigenvalue weighted by atomic mass is 9.97. The number of halogens is 2. The summed E-state index contributed by atoms with van der Waals surface area (Å²) in [5.74, 6) is -0.459. The van der Waals surface area contributed by atoms with Crippen LogP contribution in [0.2, 0.25) is 0 Å². The van der Waals surface area contributed by atoms with Crippen molar-refractivity contribution in [3.8, 4) is 0 Å². The van der Waals surface area contributed by atoms with Crippen molar-refractivity contribution in [2.75, 3.05) is 6.54 Å². The average molecular weight is 275 g/mol. The van der Waals surface area contributed by atoms with E-state index < -0.39 is 0 Å². The van der Waals surface area contributed by atoms with Gasteiger partial charge >= 0.3 is 0 Å². The van der Waals surface area contributed by atoms with Crippen molar-refractivity contribution in [2.24, 2.45) is 0 Å². The van der Waals surface area contributed by atoms with Gasteiger partial charge in [-0.15, -0.1) is 0 Å². The maximum Gasteiger partial charge on any atom is 0.128 e. The SMILES string of the molecule is CCNC(Cc1ccc(F)cc1)c1cc(C)ccc1F. The summed E-state index contributed by atoms with van der Waals surface area (Å²) >= 11 is 0. The molecule has 0 amide bonds. The van der Waals surface area contributed by atoms with Gasteiger partial charge in [-0.1, -0.05) is 36.8 Å². The third kappa shape index (κ3) is 3.64. The van der Waals surface area contributed by atoms with E-state index >= 15 is 0 Å². The Labute approximate surface area is 118 Å². The zero-order valence-electron chi connectivity index (χ0n) is 11.8. The Kier molecular flexibility index (Phi) is 4.85. The first kappa shape index (κ1) is 14.7. The van der Waals surface area contributed by atoms with Crippen molar-refractivity contribution in [1.29, 1.82) is 0 Å². The first-order valence-corrected chi connectivity index (χ1v) is 6.84. The van der Waals surface area contributed by atoms with E-state index in [1.54, 1.807) is 18.2 Å². The van der Waals surface area contributed by atoms with Gasteiger partial charge in [0.2, 0.25) is 0 Å². The van der Waals surface area contributed by atoms with Crippen molar-refractivity contribution < 1.29 is 8.78 Å². The van der Waals surface area contributed by atoms with Crippen molar-refractivity contribution in [2.45, 2.75) is 26.3 Å². The second-order valence-corrected chi connectivity index (χ2v) is 4.97. The highest BCUT2D eigenvalue weighted by atomic mass is 19.1. The van der Waals surface area contributed by atoms with Gasteiger partial charge in [0.15, 0.2) is 0 Å². The number of nitrogens with one attached hydrogen (secondary N) is 1. The molecule has 1 N–H and O–H groups in total. The van der Waals surface area contributed by atoms with Crippen molar-refractivity contribution >= 4 is 0 Å². The summed E-state index contributed by atoms with van der Waals surface area (Å²) in [7, 11) is 0. The first-order chi connectivity index (χ1) is 9.60. The van der Waals surface area contributed by atoms with Crippen LogP contribution in [0.25, 0.3) is 0 Å². The molecule has 106 valence electrons. The molecule has 0 aliphatic heterocycles. The fourth-order valence-corrected chi connectivity index (χ4v) is 2.32. The molecule has 0 heterocycles. The number of benzene rings is 2. The van der Waals surface area contributed by atoms with Gasteiger partial charge in [-0.2, -0.15) is 0 Å². The fraction of sp³-hybridized carbons (Fsp3) is 0.294. The monoisotopic (exact) mass is 275 g/mol. The molecule has 0 fully saturated rings. The lowest BCUT2D eigenvalue weighted by molar-refractivity contribution is 0.509. The molecular formula is C17H19F2N. The van der Waals surface area contributed by atoms with Crippen LogP contribution in [0.15, 0.2) is 42.5 Å². The quantitative estimate of drug-likeness (QED) is 0.863. The van der Waals surface area contributed by atoms with Crippen LogP contribution in [0, 0.1) is 18.6 Å². The Morgan fingerprint density at radius 3 is 2.40 bits per heavy atom. The molecule has 0 saturated carbocycles. The second-order valence-electron chi connectivity index (χ2n) is 4.97. The lowest BCUT2D eigenvalue weighted by Gasteiger charge is -2.19. The molecule has 3 heteroatoms. The van der Waals surface area contributed by atoms with E-state index in [9.17, 15) is 8.78 Å². The standard InChI is InChI=1S/C17H19F2N/c1-3-20-17(11-13-5-7-14(18)8-6-13)15-10-12(2)4-9-16(15)19/h4-10,17,20H,3,11H2,1-2H3. The number of likely N-dealkylation sites (N-methyl/N-ethyl adjacent to an activating group) is 1. The molecule has 20 heavy (non-hydrogen) atoms. The van der Waals surface area contributed by atoms with E-state index in [2.05, 4.69) is 5.32 Å². The Morgan fingerprint density at radius 1 is 1.05 bits per heavy atom. The Bertz CT molecular complexity index is 564. The molecule has 0 aliphatic rings. The van der Waals surface area contributed by atoms with Crippen LogP contribution in [0.3, 0.4) is 0 Å². The molecule has 2 aromatic carbocycles. The van der Waals surface area contributed by atoms with Gasteiger partial charge in [0.25, 0.3) is 0 Å². The molecule has 1 unspecified atom stereocenters. The lowest BCUT2D eigenvalue weighted by Crippen LogP contribution is -2.24. The number of hydrogen-bond donors (Lipinski definition) is 1. The maximum absolute atomic E-state index is 14.0. The Balaban J connectivity index is 2.26. The molecule has 0 saturated heterocycles.